The third kappa shape index (κ3) is 5.40. The van der Waals surface area contributed by atoms with Crippen LogP contribution in [0.3, 0.4) is 0 Å². The summed E-state index contributed by atoms with van der Waals surface area (Å²) in [5.41, 5.74) is -3.54. The summed E-state index contributed by atoms with van der Waals surface area (Å²) < 4.78 is 16.8. The van der Waals surface area contributed by atoms with Gasteiger partial charge in [-0.05, 0) is 110 Å². The fraction of sp³-hybridized carbons (Fsp3) is 0.893. The van der Waals surface area contributed by atoms with Gasteiger partial charge in [0.1, 0.15) is 12.2 Å². The van der Waals surface area contributed by atoms with Gasteiger partial charge in [0.15, 0.2) is 0 Å². The number of methoxy groups -OCH3 is 1. The number of esters is 3. The average Bonchev–Trinajstić information content (AvgIpc) is 2.79. The fourth-order valence-electron chi connectivity index (χ4n) is 7.65. The van der Waals surface area contributed by atoms with E-state index in [1.807, 2.05) is 20.8 Å². The van der Waals surface area contributed by atoms with Crippen LogP contribution in [0.5, 0.6) is 0 Å². The van der Waals surface area contributed by atoms with Gasteiger partial charge >= 0.3 is 17.9 Å². The summed E-state index contributed by atoms with van der Waals surface area (Å²) in [7, 11) is 1.36. The van der Waals surface area contributed by atoms with Crippen LogP contribution in [-0.4, -0.2) is 48.9 Å². The number of carbonyl (C=O) groups excluding carboxylic acids is 3. The first kappa shape index (κ1) is 27.9. The highest BCUT2D eigenvalue weighted by atomic mass is 16.6. The Labute approximate surface area is 210 Å². The summed E-state index contributed by atoms with van der Waals surface area (Å²) in [5.74, 6) is 1.03. The van der Waals surface area contributed by atoms with Crippen molar-refractivity contribution >= 4 is 17.9 Å². The zero-order valence-corrected chi connectivity index (χ0v) is 22.8. The molecule has 4 rings (SSSR count). The van der Waals surface area contributed by atoms with Gasteiger partial charge in [0.05, 0.1) is 30.0 Å². The van der Waals surface area contributed by atoms with Crippen LogP contribution >= 0.6 is 0 Å². The lowest BCUT2D eigenvalue weighted by atomic mass is 9.50. The van der Waals surface area contributed by atoms with E-state index in [2.05, 4.69) is 6.92 Å². The Morgan fingerprint density at radius 1 is 0.857 bits per heavy atom. The Morgan fingerprint density at radius 3 is 1.86 bits per heavy atom. The lowest BCUT2D eigenvalue weighted by Crippen LogP contribution is -2.59. The molecule has 0 aromatic rings. The maximum atomic E-state index is 14.1. The van der Waals surface area contributed by atoms with Crippen LogP contribution in [0.4, 0.5) is 0 Å². The quantitative estimate of drug-likeness (QED) is 0.329. The minimum absolute atomic E-state index is 0.0952. The van der Waals surface area contributed by atoms with Crippen molar-refractivity contribution < 1.29 is 33.7 Å². The van der Waals surface area contributed by atoms with Crippen LogP contribution in [0, 0.1) is 39.9 Å². The fourth-order valence-corrected chi connectivity index (χ4v) is 7.65. The van der Waals surface area contributed by atoms with Crippen molar-refractivity contribution in [1.29, 1.82) is 0 Å². The summed E-state index contributed by atoms with van der Waals surface area (Å²) >= 11 is 0. The Kier molecular flexibility index (Phi) is 8.01. The van der Waals surface area contributed by atoms with Crippen LogP contribution < -0.4 is 0 Å². The maximum Gasteiger partial charge on any atom is 0.312 e. The van der Waals surface area contributed by atoms with Crippen LogP contribution in [-0.2, 0) is 28.6 Å². The summed E-state index contributed by atoms with van der Waals surface area (Å²) in [6.07, 6.45) is 6.61. The summed E-state index contributed by atoms with van der Waals surface area (Å²) in [5, 5.41) is 9.08. The Balaban J connectivity index is 1.90. The standard InChI is InChI=1S/C28H46O7/c1-8-26(4,23(31)33-7)17-27(5,16-25(2,3)22(30)34-10-9-29)24(32)35-28(6)20-12-18-11-19(14-20)15-21(28)13-18/h18-21,29H,8-17H2,1-7H3. The number of rotatable bonds is 11. The number of carbonyl (C=O) groups is 3. The van der Waals surface area contributed by atoms with Gasteiger partial charge in [-0.15, -0.1) is 0 Å². The van der Waals surface area contributed by atoms with E-state index in [1.165, 1.54) is 13.5 Å². The van der Waals surface area contributed by atoms with E-state index in [9.17, 15) is 14.4 Å². The third-order valence-electron chi connectivity index (χ3n) is 9.51. The lowest BCUT2D eigenvalue weighted by Gasteiger charge is -2.59. The molecule has 4 aliphatic carbocycles. The predicted molar refractivity (Wildman–Crippen MR) is 131 cm³/mol. The van der Waals surface area contributed by atoms with Crippen molar-refractivity contribution in [2.45, 2.75) is 98.5 Å². The molecule has 35 heavy (non-hydrogen) atoms. The first-order chi connectivity index (χ1) is 16.2. The summed E-state index contributed by atoms with van der Waals surface area (Å²) in [4.78, 5) is 39.7. The molecular weight excluding hydrogens is 448 g/mol. The molecule has 4 fully saturated rings. The second-order valence-corrected chi connectivity index (χ2v) is 12.9. The van der Waals surface area contributed by atoms with Crippen LogP contribution in [0.25, 0.3) is 0 Å². The Hall–Kier alpha value is -1.63. The van der Waals surface area contributed by atoms with Gasteiger partial charge in [-0.25, -0.2) is 0 Å². The van der Waals surface area contributed by atoms with E-state index >= 15 is 0 Å². The molecule has 4 bridgehead atoms. The van der Waals surface area contributed by atoms with Crippen molar-refractivity contribution in [3.05, 3.63) is 0 Å². The third-order valence-corrected chi connectivity index (χ3v) is 9.51. The molecule has 4 aliphatic rings. The molecule has 0 saturated heterocycles. The van der Waals surface area contributed by atoms with E-state index in [0.29, 0.717) is 18.3 Å². The highest BCUT2D eigenvalue weighted by Gasteiger charge is 2.59. The molecule has 7 heteroatoms. The lowest BCUT2D eigenvalue weighted by molar-refractivity contribution is -0.215. The van der Waals surface area contributed by atoms with Crippen molar-refractivity contribution in [3.8, 4) is 0 Å². The molecular formula is C28H46O7. The minimum Gasteiger partial charge on any atom is -0.469 e. The molecule has 2 atom stereocenters. The first-order valence-electron chi connectivity index (χ1n) is 13.3. The van der Waals surface area contributed by atoms with Crippen LogP contribution in [0.2, 0.25) is 0 Å². The van der Waals surface area contributed by atoms with Gasteiger partial charge in [0, 0.05) is 0 Å². The molecule has 0 heterocycles. The zero-order valence-electron chi connectivity index (χ0n) is 22.8. The van der Waals surface area contributed by atoms with Gasteiger partial charge in [-0.1, -0.05) is 6.92 Å². The highest BCUT2D eigenvalue weighted by molar-refractivity contribution is 5.83. The summed E-state index contributed by atoms with van der Waals surface area (Å²) in [6, 6.07) is 0. The van der Waals surface area contributed by atoms with E-state index in [-0.39, 0.29) is 38.0 Å². The topological polar surface area (TPSA) is 99.1 Å². The SMILES string of the molecule is CCC(C)(CC(C)(CC(C)(C)C(=O)OCCO)C(=O)OC1(C)C2CC3CC(C2)CC1C3)C(=O)OC. The minimum atomic E-state index is -1.11. The molecule has 1 N–H and O–H groups in total. The number of ether oxygens (including phenoxy) is 3. The zero-order chi connectivity index (χ0) is 26.2. The van der Waals surface area contributed by atoms with Crippen LogP contribution in [0.15, 0.2) is 0 Å². The molecule has 0 aliphatic heterocycles. The predicted octanol–water partition coefficient (Wildman–Crippen LogP) is 4.68. The molecule has 0 aromatic carbocycles. The Bertz CT molecular complexity index is 790. The normalized spacial score (nSPS) is 32.9. The van der Waals surface area contributed by atoms with Crippen molar-refractivity contribution in [2.24, 2.45) is 39.9 Å². The molecule has 0 spiro atoms. The summed E-state index contributed by atoms with van der Waals surface area (Å²) in [6.45, 7) is 10.8. The van der Waals surface area contributed by atoms with Gasteiger partial charge in [0.25, 0.3) is 0 Å². The second kappa shape index (κ2) is 10.0. The smallest absolute Gasteiger partial charge is 0.312 e. The monoisotopic (exact) mass is 494 g/mol. The van der Waals surface area contributed by atoms with E-state index < -0.39 is 27.8 Å². The van der Waals surface area contributed by atoms with Crippen LogP contribution in [0.1, 0.15) is 92.9 Å². The number of aliphatic hydroxyl groups is 1. The van der Waals surface area contributed by atoms with E-state index in [0.717, 1.165) is 37.5 Å². The highest BCUT2D eigenvalue weighted by Crippen LogP contribution is 2.60. The van der Waals surface area contributed by atoms with Crippen molar-refractivity contribution in [1.82, 2.24) is 0 Å². The molecule has 4 saturated carbocycles. The average molecular weight is 495 g/mol. The molecule has 2 unspecified atom stereocenters. The van der Waals surface area contributed by atoms with Crippen molar-refractivity contribution in [2.75, 3.05) is 20.3 Å². The van der Waals surface area contributed by atoms with Gasteiger partial charge in [-0.3, -0.25) is 14.4 Å². The van der Waals surface area contributed by atoms with Gasteiger partial charge < -0.3 is 19.3 Å². The largest absolute Gasteiger partial charge is 0.469 e. The van der Waals surface area contributed by atoms with E-state index in [4.69, 9.17) is 19.3 Å². The number of aliphatic hydroxyl groups excluding tert-OH is 1. The van der Waals surface area contributed by atoms with Gasteiger partial charge in [0.2, 0.25) is 0 Å². The molecule has 0 aromatic heterocycles. The second-order valence-electron chi connectivity index (χ2n) is 12.9. The first-order valence-corrected chi connectivity index (χ1v) is 13.3. The number of hydrogen-bond donors (Lipinski definition) is 1. The Morgan fingerprint density at radius 2 is 1.40 bits per heavy atom. The molecule has 0 radical (unpaired) electrons. The van der Waals surface area contributed by atoms with Gasteiger partial charge in [-0.2, -0.15) is 0 Å². The maximum absolute atomic E-state index is 14.1. The molecule has 200 valence electrons. The van der Waals surface area contributed by atoms with Crippen molar-refractivity contribution in [3.63, 3.8) is 0 Å². The molecule has 7 nitrogen and oxygen atoms in total. The molecule has 0 amide bonds. The van der Waals surface area contributed by atoms with E-state index in [1.54, 1.807) is 13.8 Å². The number of hydrogen-bond acceptors (Lipinski definition) is 7.